The second kappa shape index (κ2) is 6.92. The van der Waals surface area contributed by atoms with Crippen molar-refractivity contribution in [1.82, 2.24) is 4.90 Å². The molecule has 0 saturated heterocycles. The summed E-state index contributed by atoms with van der Waals surface area (Å²) in [6.07, 6.45) is 3.46. The van der Waals surface area contributed by atoms with Crippen LogP contribution in [0.4, 0.5) is 0 Å². The largest absolute Gasteiger partial charge is 0.472 e. The summed E-state index contributed by atoms with van der Waals surface area (Å²) in [4.78, 5) is 2.20. The Morgan fingerprint density at radius 1 is 1.50 bits per heavy atom. The minimum atomic E-state index is 0.725. The standard InChI is InChI=1S/C10H17NO2S/c1-11(3-5-12-6-7-14)8-10-2-4-13-9-10/h2,4,9,14H,3,5-8H2,1H3. The first kappa shape index (κ1) is 11.6. The van der Waals surface area contributed by atoms with Gasteiger partial charge in [-0.2, -0.15) is 12.6 Å². The van der Waals surface area contributed by atoms with Crippen LogP contribution in [0.25, 0.3) is 0 Å². The Labute approximate surface area is 90.4 Å². The maximum absolute atomic E-state index is 5.33. The molecule has 0 N–H and O–H groups in total. The summed E-state index contributed by atoms with van der Waals surface area (Å²) in [5.41, 5.74) is 1.20. The fraction of sp³-hybridized carbons (Fsp3) is 0.600. The lowest BCUT2D eigenvalue weighted by Gasteiger charge is -2.15. The van der Waals surface area contributed by atoms with E-state index in [1.165, 1.54) is 5.56 Å². The number of ether oxygens (including phenoxy) is 1. The molecule has 1 aromatic rings. The maximum Gasteiger partial charge on any atom is 0.0947 e. The summed E-state index contributed by atoms with van der Waals surface area (Å²) >= 11 is 4.07. The van der Waals surface area contributed by atoms with E-state index in [4.69, 9.17) is 9.15 Å². The van der Waals surface area contributed by atoms with Crippen molar-refractivity contribution in [3.05, 3.63) is 24.2 Å². The third-order valence-corrected chi connectivity index (χ3v) is 2.07. The minimum Gasteiger partial charge on any atom is -0.472 e. The van der Waals surface area contributed by atoms with E-state index in [2.05, 4.69) is 24.6 Å². The van der Waals surface area contributed by atoms with Crippen molar-refractivity contribution in [2.24, 2.45) is 0 Å². The van der Waals surface area contributed by atoms with Gasteiger partial charge in [-0.05, 0) is 13.1 Å². The van der Waals surface area contributed by atoms with Gasteiger partial charge in [0.1, 0.15) is 0 Å². The summed E-state index contributed by atoms with van der Waals surface area (Å²) < 4.78 is 10.3. The number of rotatable bonds is 7. The van der Waals surface area contributed by atoms with Gasteiger partial charge < -0.3 is 9.15 Å². The molecule has 1 aromatic heterocycles. The van der Waals surface area contributed by atoms with Crippen LogP contribution >= 0.6 is 12.6 Å². The van der Waals surface area contributed by atoms with Crippen LogP contribution in [0.3, 0.4) is 0 Å². The Morgan fingerprint density at radius 3 is 3.00 bits per heavy atom. The molecule has 0 fully saturated rings. The molecular formula is C10H17NO2S. The van der Waals surface area contributed by atoms with Gasteiger partial charge in [-0.15, -0.1) is 0 Å². The third-order valence-electron chi connectivity index (χ3n) is 1.89. The normalized spacial score (nSPS) is 11.1. The van der Waals surface area contributed by atoms with Gasteiger partial charge in [0.2, 0.25) is 0 Å². The SMILES string of the molecule is CN(CCOCCS)Cc1ccoc1. The van der Waals surface area contributed by atoms with E-state index in [9.17, 15) is 0 Å². The first-order valence-corrected chi connectivity index (χ1v) is 5.34. The highest BCUT2D eigenvalue weighted by molar-refractivity contribution is 7.80. The van der Waals surface area contributed by atoms with E-state index in [0.717, 1.165) is 32.1 Å². The number of furan rings is 1. The molecule has 0 radical (unpaired) electrons. The van der Waals surface area contributed by atoms with E-state index in [1.807, 2.05) is 6.07 Å². The topological polar surface area (TPSA) is 25.6 Å². The highest BCUT2D eigenvalue weighted by Crippen LogP contribution is 2.02. The molecule has 14 heavy (non-hydrogen) atoms. The van der Waals surface area contributed by atoms with Crippen LogP contribution in [0, 0.1) is 0 Å². The van der Waals surface area contributed by atoms with Crippen molar-refractivity contribution in [3.63, 3.8) is 0 Å². The van der Waals surface area contributed by atoms with E-state index < -0.39 is 0 Å². The Hall–Kier alpha value is -0.450. The van der Waals surface area contributed by atoms with Gasteiger partial charge >= 0.3 is 0 Å². The summed E-state index contributed by atoms with van der Waals surface area (Å²) in [5, 5.41) is 0. The zero-order chi connectivity index (χ0) is 10.2. The number of hydrogen-bond acceptors (Lipinski definition) is 4. The molecule has 0 aliphatic carbocycles. The molecule has 3 nitrogen and oxygen atoms in total. The van der Waals surface area contributed by atoms with E-state index in [-0.39, 0.29) is 0 Å². The van der Waals surface area contributed by atoms with Gasteiger partial charge in [-0.1, -0.05) is 0 Å². The Balaban J connectivity index is 2.07. The van der Waals surface area contributed by atoms with Crippen LogP contribution in [0.2, 0.25) is 0 Å². The average Bonchev–Trinajstić information content (AvgIpc) is 2.65. The molecule has 0 aromatic carbocycles. The van der Waals surface area contributed by atoms with Crippen LogP contribution in [0.1, 0.15) is 5.56 Å². The quantitative estimate of drug-likeness (QED) is 0.553. The monoisotopic (exact) mass is 215 g/mol. The molecule has 80 valence electrons. The molecule has 0 unspecified atom stereocenters. The second-order valence-corrected chi connectivity index (χ2v) is 3.65. The molecule has 0 atom stereocenters. The maximum atomic E-state index is 5.33. The number of likely N-dealkylation sites (N-methyl/N-ethyl adjacent to an activating group) is 1. The van der Waals surface area contributed by atoms with Crippen molar-refractivity contribution < 1.29 is 9.15 Å². The highest BCUT2D eigenvalue weighted by Gasteiger charge is 2.00. The lowest BCUT2D eigenvalue weighted by atomic mass is 10.3. The molecular weight excluding hydrogens is 198 g/mol. The molecule has 0 saturated carbocycles. The Morgan fingerprint density at radius 2 is 2.36 bits per heavy atom. The highest BCUT2D eigenvalue weighted by atomic mass is 32.1. The van der Waals surface area contributed by atoms with Gasteiger partial charge in [0, 0.05) is 24.4 Å². The molecule has 1 rings (SSSR count). The van der Waals surface area contributed by atoms with Crippen molar-refractivity contribution in [1.29, 1.82) is 0 Å². The number of nitrogens with zero attached hydrogens (tertiary/aromatic N) is 1. The van der Waals surface area contributed by atoms with Crippen molar-refractivity contribution in [2.75, 3.05) is 32.6 Å². The predicted molar refractivity (Wildman–Crippen MR) is 59.7 cm³/mol. The summed E-state index contributed by atoms with van der Waals surface area (Å²) in [7, 11) is 2.07. The molecule has 0 amide bonds. The van der Waals surface area contributed by atoms with Crippen LogP contribution in [-0.2, 0) is 11.3 Å². The average molecular weight is 215 g/mol. The van der Waals surface area contributed by atoms with E-state index >= 15 is 0 Å². The summed E-state index contributed by atoms with van der Waals surface area (Å²) in [6, 6.07) is 1.98. The third kappa shape index (κ3) is 4.69. The summed E-state index contributed by atoms with van der Waals surface area (Å²) in [5.74, 6) is 0.783. The number of hydrogen-bond donors (Lipinski definition) is 1. The lowest BCUT2D eigenvalue weighted by Crippen LogP contribution is -2.22. The number of thiol groups is 1. The second-order valence-electron chi connectivity index (χ2n) is 3.21. The molecule has 0 aliphatic rings. The molecule has 1 heterocycles. The van der Waals surface area contributed by atoms with Crippen molar-refractivity contribution in [2.45, 2.75) is 6.54 Å². The predicted octanol–water partition coefficient (Wildman–Crippen LogP) is 1.66. The van der Waals surface area contributed by atoms with E-state index in [0.29, 0.717) is 0 Å². The van der Waals surface area contributed by atoms with Crippen LogP contribution in [0.15, 0.2) is 23.0 Å². The first-order chi connectivity index (χ1) is 6.83. The smallest absolute Gasteiger partial charge is 0.0947 e. The minimum absolute atomic E-state index is 0.725. The van der Waals surface area contributed by atoms with Crippen LogP contribution in [-0.4, -0.2) is 37.5 Å². The van der Waals surface area contributed by atoms with Crippen LogP contribution in [0.5, 0.6) is 0 Å². The van der Waals surface area contributed by atoms with Crippen molar-refractivity contribution in [3.8, 4) is 0 Å². The Kier molecular flexibility index (Phi) is 5.75. The van der Waals surface area contributed by atoms with Gasteiger partial charge in [0.05, 0.1) is 25.7 Å². The van der Waals surface area contributed by atoms with Gasteiger partial charge in [0.15, 0.2) is 0 Å². The fourth-order valence-corrected chi connectivity index (χ4v) is 1.29. The fourth-order valence-electron chi connectivity index (χ4n) is 1.16. The Bertz CT molecular complexity index is 226. The first-order valence-electron chi connectivity index (χ1n) is 4.71. The van der Waals surface area contributed by atoms with Crippen molar-refractivity contribution >= 4 is 12.6 Å². The molecule has 0 spiro atoms. The van der Waals surface area contributed by atoms with Gasteiger partial charge in [0.25, 0.3) is 0 Å². The van der Waals surface area contributed by atoms with E-state index in [1.54, 1.807) is 12.5 Å². The van der Waals surface area contributed by atoms with Gasteiger partial charge in [-0.3, -0.25) is 4.90 Å². The zero-order valence-corrected chi connectivity index (χ0v) is 9.37. The molecule has 0 aliphatic heterocycles. The lowest BCUT2D eigenvalue weighted by molar-refractivity contribution is 0.122. The van der Waals surface area contributed by atoms with Crippen LogP contribution < -0.4 is 0 Å². The molecule has 0 bridgehead atoms. The summed E-state index contributed by atoms with van der Waals surface area (Å²) in [6.45, 7) is 3.32. The zero-order valence-electron chi connectivity index (χ0n) is 8.48. The van der Waals surface area contributed by atoms with Gasteiger partial charge in [-0.25, -0.2) is 0 Å². The molecule has 4 heteroatoms.